The first-order chi connectivity index (χ1) is 3.72. The Bertz CT molecular complexity index is 171. The van der Waals surface area contributed by atoms with Crippen molar-refractivity contribution in [3.63, 3.8) is 0 Å². The van der Waals surface area contributed by atoms with E-state index in [0.29, 0.717) is 0 Å². The fourth-order valence-corrected chi connectivity index (χ4v) is 1.35. The van der Waals surface area contributed by atoms with E-state index >= 15 is 0 Å². The van der Waals surface area contributed by atoms with Crippen LogP contribution in [0.4, 0.5) is 5.69 Å². The minimum Gasteiger partial charge on any atom is -0.398 e. The summed E-state index contributed by atoms with van der Waals surface area (Å²) in [7, 11) is 0. The molecule has 1 aromatic rings. The lowest BCUT2D eigenvalue weighted by Gasteiger charge is -1.87. The molecular formula is C6H9NS. The number of aryl methyl sites for hydroxylation is 2. The number of rotatable bonds is 0. The van der Waals surface area contributed by atoms with Gasteiger partial charge >= 0.3 is 0 Å². The molecule has 1 heterocycles. The van der Waals surface area contributed by atoms with Gasteiger partial charge in [0.15, 0.2) is 0 Å². The molecule has 0 atom stereocenters. The van der Waals surface area contributed by atoms with Crippen molar-refractivity contribution in [2.75, 3.05) is 5.73 Å². The van der Waals surface area contributed by atoms with Gasteiger partial charge in [-0.15, -0.1) is 11.3 Å². The second-order valence-electron chi connectivity index (χ2n) is 1.89. The minimum atomic E-state index is 0.954. The van der Waals surface area contributed by atoms with Gasteiger partial charge in [0.05, 0.1) is 0 Å². The van der Waals surface area contributed by atoms with Crippen molar-refractivity contribution in [1.29, 1.82) is 0 Å². The normalized spacial score (nSPS) is 9.75. The van der Waals surface area contributed by atoms with E-state index in [4.69, 9.17) is 5.73 Å². The zero-order chi connectivity index (χ0) is 6.15. The Kier molecular flexibility index (Phi) is 1.26. The van der Waals surface area contributed by atoms with Gasteiger partial charge in [0.25, 0.3) is 0 Å². The summed E-state index contributed by atoms with van der Waals surface area (Å²) in [5, 5.41) is 2.07. The number of hydrogen-bond acceptors (Lipinski definition) is 2. The first kappa shape index (κ1) is 5.63. The lowest BCUT2D eigenvalue weighted by Crippen LogP contribution is -1.84. The van der Waals surface area contributed by atoms with E-state index < -0.39 is 0 Å². The highest BCUT2D eigenvalue weighted by Crippen LogP contribution is 2.22. The van der Waals surface area contributed by atoms with Crippen LogP contribution in [0.25, 0.3) is 0 Å². The molecular weight excluding hydrogens is 118 g/mol. The number of nitrogens with two attached hydrogens (primary N) is 1. The second kappa shape index (κ2) is 1.78. The van der Waals surface area contributed by atoms with Gasteiger partial charge in [-0.1, -0.05) is 0 Å². The van der Waals surface area contributed by atoms with Crippen molar-refractivity contribution in [1.82, 2.24) is 0 Å². The summed E-state index contributed by atoms with van der Waals surface area (Å²) in [6, 6.07) is 0. The highest BCUT2D eigenvalue weighted by atomic mass is 32.1. The molecule has 1 aromatic heterocycles. The van der Waals surface area contributed by atoms with Crippen LogP contribution in [0.5, 0.6) is 0 Å². The summed E-state index contributed by atoms with van der Waals surface area (Å²) in [4.78, 5) is 1.22. The Labute approximate surface area is 53.1 Å². The van der Waals surface area contributed by atoms with Gasteiger partial charge < -0.3 is 5.73 Å². The van der Waals surface area contributed by atoms with E-state index in [1.807, 2.05) is 13.8 Å². The van der Waals surface area contributed by atoms with E-state index in [1.54, 1.807) is 11.3 Å². The Morgan fingerprint density at radius 1 is 1.50 bits per heavy atom. The Hall–Kier alpha value is -0.500. The fourth-order valence-electron chi connectivity index (χ4n) is 0.581. The molecule has 1 nitrogen and oxygen atoms in total. The third-order valence-corrected chi connectivity index (χ3v) is 2.26. The van der Waals surface area contributed by atoms with Crippen LogP contribution in [0.3, 0.4) is 0 Å². The molecule has 0 saturated carbocycles. The van der Waals surface area contributed by atoms with Gasteiger partial charge in [-0.2, -0.15) is 0 Å². The number of nitrogen functional groups attached to an aromatic ring is 1. The lowest BCUT2D eigenvalue weighted by molar-refractivity contribution is 1.50. The summed E-state index contributed by atoms with van der Waals surface area (Å²) >= 11 is 1.71. The average molecular weight is 127 g/mol. The molecule has 0 fully saturated rings. The molecule has 2 N–H and O–H groups in total. The molecule has 0 aliphatic rings. The molecule has 0 aromatic carbocycles. The topological polar surface area (TPSA) is 26.0 Å². The molecule has 0 amide bonds. The van der Waals surface area contributed by atoms with E-state index in [9.17, 15) is 0 Å². The van der Waals surface area contributed by atoms with Gasteiger partial charge in [0.1, 0.15) is 0 Å². The third kappa shape index (κ3) is 0.713. The number of thiophene rings is 1. The summed E-state index contributed by atoms with van der Waals surface area (Å²) < 4.78 is 0. The first-order valence-electron chi connectivity index (χ1n) is 2.52. The quantitative estimate of drug-likeness (QED) is 0.566. The van der Waals surface area contributed by atoms with Crippen molar-refractivity contribution in [3.05, 3.63) is 15.8 Å². The molecule has 0 unspecified atom stereocenters. The molecule has 0 bridgehead atoms. The predicted molar refractivity (Wildman–Crippen MR) is 38.2 cm³/mol. The fraction of sp³-hybridized carbons (Fsp3) is 0.333. The van der Waals surface area contributed by atoms with Crippen LogP contribution in [-0.2, 0) is 0 Å². The van der Waals surface area contributed by atoms with E-state index in [0.717, 1.165) is 5.69 Å². The molecule has 44 valence electrons. The first-order valence-corrected chi connectivity index (χ1v) is 3.40. The van der Waals surface area contributed by atoms with Crippen LogP contribution in [0.2, 0.25) is 0 Å². The van der Waals surface area contributed by atoms with E-state index in [-0.39, 0.29) is 0 Å². The summed E-state index contributed by atoms with van der Waals surface area (Å²) in [5.74, 6) is 0. The predicted octanol–water partition coefficient (Wildman–Crippen LogP) is 1.95. The van der Waals surface area contributed by atoms with Gasteiger partial charge in [-0.3, -0.25) is 0 Å². The van der Waals surface area contributed by atoms with Crippen LogP contribution in [0, 0.1) is 13.8 Å². The number of hydrogen-bond donors (Lipinski definition) is 1. The third-order valence-electron chi connectivity index (χ3n) is 1.22. The Morgan fingerprint density at radius 2 is 2.12 bits per heavy atom. The van der Waals surface area contributed by atoms with E-state index in [1.165, 1.54) is 10.4 Å². The largest absolute Gasteiger partial charge is 0.398 e. The Balaban J connectivity index is 3.19. The SMILES string of the molecule is Cc1csc(C)c1N. The van der Waals surface area contributed by atoms with Gasteiger partial charge in [0, 0.05) is 10.6 Å². The summed E-state index contributed by atoms with van der Waals surface area (Å²) in [6.07, 6.45) is 0. The summed E-state index contributed by atoms with van der Waals surface area (Å²) in [6.45, 7) is 4.06. The average Bonchev–Trinajstić information content (AvgIpc) is 1.98. The highest BCUT2D eigenvalue weighted by Gasteiger charge is 1.96. The van der Waals surface area contributed by atoms with E-state index in [2.05, 4.69) is 5.38 Å². The van der Waals surface area contributed by atoms with Crippen molar-refractivity contribution >= 4 is 17.0 Å². The maximum absolute atomic E-state index is 5.61. The summed E-state index contributed by atoms with van der Waals surface area (Å²) in [5.41, 5.74) is 7.77. The maximum atomic E-state index is 5.61. The second-order valence-corrected chi connectivity index (χ2v) is 2.97. The minimum absolute atomic E-state index is 0.954. The molecule has 0 saturated heterocycles. The van der Waals surface area contributed by atoms with Crippen molar-refractivity contribution in [2.24, 2.45) is 0 Å². The van der Waals surface area contributed by atoms with Crippen LogP contribution >= 0.6 is 11.3 Å². The standard InChI is InChI=1S/C6H9NS/c1-4-3-8-5(2)6(4)7/h3H,7H2,1-2H3. The van der Waals surface area contributed by atoms with Crippen LogP contribution < -0.4 is 5.73 Å². The maximum Gasteiger partial charge on any atom is 0.0482 e. The van der Waals surface area contributed by atoms with Crippen LogP contribution in [0.15, 0.2) is 5.38 Å². The van der Waals surface area contributed by atoms with Gasteiger partial charge in [0.2, 0.25) is 0 Å². The van der Waals surface area contributed by atoms with Crippen LogP contribution in [-0.4, -0.2) is 0 Å². The molecule has 0 spiro atoms. The van der Waals surface area contributed by atoms with Crippen molar-refractivity contribution in [3.8, 4) is 0 Å². The monoisotopic (exact) mass is 127 g/mol. The molecule has 2 heteroatoms. The van der Waals surface area contributed by atoms with Gasteiger partial charge in [-0.25, -0.2) is 0 Å². The zero-order valence-electron chi connectivity index (χ0n) is 5.06. The van der Waals surface area contributed by atoms with Crippen LogP contribution in [0.1, 0.15) is 10.4 Å². The number of anilines is 1. The van der Waals surface area contributed by atoms with Crippen molar-refractivity contribution in [2.45, 2.75) is 13.8 Å². The lowest BCUT2D eigenvalue weighted by atomic mass is 10.3. The highest BCUT2D eigenvalue weighted by molar-refractivity contribution is 7.10. The molecule has 1 rings (SSSR count). The van der Waals surface area contributed by atoms with Gasteiger partial charge in [-0.05, 0) is 24.8 Å². The smallest absolute Gasteiger partial charge is 0.0482 e. The zero-order valence-corrected chi connectivity index (χ0v) is 5.88. The molecule has 0 aliphatic heterocycles. The van der Waals surface area contributed by atoms with Crippen molar-refractivity contribution < 1.29 is 0 Å². The molecule has 8 heavy (non-hydrogen) atoms. The molecule has 0 radical (unpaired) electrons. The molecule has 0 aliphatic carbocycles. The Morgan fingerprint density at radius 3 is 2.25 bits per heavy atom.